The number of methoxy groups -OCH3 is 1. The summed E-state index contributed by atoms with van der Waals surface area (Å²) in [7, 11) is 1.72. The van der Waals surface area contributed by atoms with Crippen molar-refractivity contribution in [3.05, 3.63) is 29.8 Å². The van der Waals surface area contributed by atoms with Crippen molar-refractivity contribution in [3.63, 3.8) is 0 Å². The lowest BCUT2D eigenvalue weighted by atomic mass is 9.82. The molecule has 0 aromatic heterocycles. The average Bonchev–Trinajstić information content (AvgIpc) is 2.78. The lowest BCUT2D eigenvalue weighted by molar-refractivity contribution is 0.313. The summed E-state index contributed by atoms with van der Waals surface area (Å²) < 4.78 is 5.38. The largest absolute Gasteiger partial charge is 0.496 e. The van der Waals surface area contributed by atoms with Gasteiger partial charge in [0.15, 0.2) is 0 Å². The predicted octanol–water partition coefficient (Wildman–Crippen LogP) is 4.43. The van der Waals surface area contributed by atoms with Crippen LogP contribution in [0.4, 0.5) is 0 Å². The van der Waals surface area contributed by atoms with E-state index in [1.54, 1.807) is 7.11 Å². The quantitative estimate of drug-likeness (QED) is 0.721. The third-order valence-corrected chi connectivity index (χ3v) is 4.77. The first-order chi connectivity index (χ1) is 8.15. The van der Waals surface area contributed by atoms with Gasteiger partial charge in [0.1, 0.15) is 5.75 Å². The maximum Gasteiger partial charge on any atom is 0.122 e. The molecule has 0 radical (unpaired) electrons. The van der Waals surface area contributed by atoms with Crippen LogP contribution in [0.15, 0.2) is 24.3 Å². The molecule has 17 heavy (non-hydrogen) atoms. The molecule has 1 fully saturated rings. The minimum atomic E-state index is 0.210. The molecular weight excluding hydrogens is 232 g/mol. The molecule has 0 heterocycles. The van der Waals surface area contributed by atoms with Gasteiger partial charge in [-0.05, 0) is 36.3 Å². The van der Waals surface area contributed by atoms with Crippen molar-refractivity contribution in [2.45, 2.75) is 44.4 Å². The van der Waals surface area contributed by atoms with Crippen molar-refractivity contribution in [1.82, 2.24) is 0 Å². The van der Waals surface area contributed by atoms with E-state index in [-0.39, 0.29) is 5.38 Å². The molecule has 1 aliphatic carbocycles. The fourth-order valence-corrected chi connectivity index (χ4v) is 3.19. The fourth-order valence-electron chi connectivity index (χ4n) is 2.81. The zero-order valence-electron chi connectivity index (χ0n) is 10.7. The molecule has 0 saturated heterocycles. The lowest BCUT2D eigenvalue weighted by Crippen LogP contribution is -2.26. The molecule has 0 aliphatic heterocycles. The summed E-state index contributed by atoms with van der Waals surface area (Å²) in [5, 5.41) is 0.210. The van der Waals surface area contributed by atoms with Crippen molar-refractivity contribution in [3.8, 4) is 5.75 Å². The van der Waals surface area contributed by atoms with E-state index in [9.17, 15) is 0 Å². The lowest BCUT2D eigenvalue weighted by Gasteiger charge is -2.29. The van der Waals surface area contributed by atoms with Gasteiger partial charge in [-0.25, -0.2) is 0 Å². The first-order valence-electron chi connectivity index (χ1n) is 6.42. The summed E-state index contributed by atoms with van der Waals surface area (Å²) in [5.74, 6) is 0.958. The van der Waals surface area contributed by atoms with Gasteiger partial charge in [0.25, 0.3) is 0 Å². The molecule has 1 aromatic carbocycles. The monoisotopic (exact) mass is 252 g/mol. The number of rotatable bonds is 4. The number of para-hydroxylation sites is 1. The van der Waals surface area contributed by atoms with Crippen molar-refractivity contribution in [2.75, 3.05) is 7.11 Å². The number of halogens is 1. The average molecular weight is 253 g/mol. The number of hydrogen-bond acceptors (Lipinski definition) is 1. The van der Waals surface area contributed by atoms with E-state index in [2.05, 4.69) is 19.1 Å². The molecule has 0 bridgehead atoms. The standard InChI is InChI=1S/C15H21ClO/c1-15(9-5-6-10-15)14(16)11-12-7-3-4-8-13(12)17-2/h3-4,7-8,14H,5-6,9-11H2,1-2H3. The molecule has 2 rings (SSSR count). The van der Waals surface area contributed by atoms with E-state index in [1.165, 1.54) is 31.2 Å². The zero-order chi connectivity index (χ0) is 12.3. The highest BCUT2D eigenvalue weighted by Gasteiger charge is 2.36. The van der Waals surface area contributed by atoms with E-state index < -0.39 is 0 Å². The SMILES string of the molecule is COc1ccccc1CC(Cl)C1(C)CCCC1. The Bertz CT molecular complexity index is 369. The van der Waals surface area contributed by atoms with Crippen molar-refractivity contribution < 1.29 is 4.74 Å². The van der Waals surface area contributed by atoms with Crippen molar-refractivity contribution in [2.24, 2.45) is 5.41 Å². The molecule has 1 saturated carbocycles. The predicted molar refractivity (Wildman–Crippen MR) is 72.9 cm³/mol. The van der Waals surface area contributed by atoms with Crippen LogP contribution < -0.4 is 4.74 Å². The van der Waals surface area contributed by atoms with E-state index >= 15 is 0 Å². The van der Waals surface area contributed by atoms with Gasteiger partial charge < -0.3 is 4.74 Å². The van der Waals surface area contributed by atoms with Gasteiger partial charge in [-0.3, -0.25) is 0 Å². The van der Waals surface area contributed by atoms with Crippen LogP contribution in [0.1, 0.15) is 38.2 Å². The van der Waals surface area contributed by atoms with E-state index in [4.69, 9.17) is 16.3 Å². The van der Waals surface area contributed by atoms with Crippen LogP contribution in [-0.2, 0) is 6.42 Å². The smallest absolute Gasteiger partial charge is 0.122 e. The normalized spacial score (nSPS) is 20.2. The Morgan fingerprint density at radius 3 is 2.59 bits per heavy atom. The molecule has 1 unspecified atom stereocenters. The summed E-state index contributed by atoms with van der Waals surface area (Å²) in [4.78, 5) is 0. The summed E-state index contributed by atoms with van der Waals surface area (Å²) in [5.41, 5.74) is 1.53. The van der Waals surface area contributed by atoms with E-state index in [0.717, 1.165) is 12.2 Å². The number of ether oxygens (including phenoxy) is 1. The molecule has 1 aromatic rings. The maximum atomic E-state index is 6.64. The summed E-state index contributed by atoms with van der Waals surface area (Å²) >= 11 is 6.64. The summed E-state index contributed by atoms with van der Waals surface area (Å²) in [6.45, 7) is 2.33. The van der Waals surface area contributed by atoms with Crippen LogP contribution >= 0.6 is 11.6 Å². The molecule has 1 nitrogen and oxygen atoms in total. The van der Waals surface area contributed by atoms with Crippen LogP contribution in [0, 0.1) is 5.41 Å². The van der Waals surface area contributed by atoms with Crippen LogP contribution in [0.3, 0.4) is 0 Å². The van der Waals surface area contributed by atoms with Crippen molar-refractivity contribution in [1.29, 1.82) is 0 Å². The highest BCUT2D eigenvalue weighted by molar-refractivity contribution is 6.21. The Kier molecular flexibility index (Phi) is 3.98. The van der Waals surface area contributed by atoms with Gasteiger partial charge in [0.2, 0.25) is 0 Å². The van der Waals surface area contributed by atoms with E-state index in [0.29, 0.717) is 5.41 Å². The second kappa shape index (κ2) is 5.30. The third kappa shape index (κ3) is 2.77. The Balaban J connectivity index is 2.09. The van der Waals surface area contributed by atoms with Gasteiger partial charge in [0, 0.05) is 5.38 Å². The number of benzene rings is 1. The molecule has 94 valence electrons. The summed E-state index contributed by atoms with van der Waals surface area (Å²) in [6, 6.07) is 8.18. The fraction of sp³-hybridized carbons (Fsp3) is 0.600. The highest BCUT2D eigenvalue weighted by atomic mass is 35.5. The molecular formula is C15H21ClO. The van der Waals surface area contributed by atoms with Crippen LogP contribution in [-0.4, -0.2) is 12.5 Å². The first kappa shape index (κ1) is 12.8. The number of hydrogen-bond donors (Lipinski definition) is 0. The topological polar surface area (TPSA) is 9.23 Å². The van der Waals surface area contributed by atoms with Gasteiger partial charge in [-0.15, -0.1) is 11.6 Å². The molecule has 1 aliphatic rings. The second-order valence-corrected chi connectivity index (χ2v) is 5.87. The minimum absolute atomic E-state index is 0.210. The Hall–Kier alpha value is -0.690. The second-order valence-electron chi connectivity index (χ2n) is 5.34. The Morgan fingerprint density at radius 2 is 1.94 bits per heavy atom. The van der Waals surface area contributed by atoms with Crippen molar-refractivity contribution >= 4 is 11.6 Å². The zero-order valence-corrected chi connectivity index (χ0v) is 11.5. The minimum Gasteiger partial charge on any atom is -0.496 e. The first-order valence-corrected chi connectivity index (χ1v) is 6.85. The van der Waals surface area contributed by atoms with Gasteiger partial charge >= 0.3 is 0 Å². The van der Waals surface area contributed by atoms with Crippen LogP contribution in [0.25, 0.3) is 0 Å². The van der Waals surface area contributed by atoms with Gasteiger partial charge in [-0.1, -0.05) is 38.0 Å². The maximum absolute atomic E-state index is 6.64. The molecule has 0 spiro atoms. The third-order valence-electron chi connectivity index (χ3n) is 4.09. The Morgan fingerprint density at radius 1 is 1.29 bits per heavy atom. The molecule has 0 N–H and O–H groups in total. The van der Waals surface area contributed by atoms with Gasteiger partial charge in [-0.2, -0.15) is 0 Å². The Labute approximate surface area is 109 Å². The highest BCUT2D eigenvalue weighted by Crippen LogP contribution is 2.44. The summed E-state index contributed by atoms with van der Waals surface area (Å²) in [6.07, 6.45) is 6.08. The van der Waals surface area contributed by atoms with Crippen LogP contribution in [0.5, 0.6) is 5.75 Å². The molecule has 1 atom stereocenters. The van der Waals surface area contributed by atoms with E-state index in [1.807, 2.05) is 12.1 Å². The van der Waals surface area contributed by atoms with Crippen LogP contribution in [0.2, 0.25) is 0 Å². The molecule has 0 amide bonds. The number of alkyl halides is 1. The van der Waals surface area contributed by atoms with Gasteiger partial charge in [0.05, 0.1) is 7.11 Å². The molecule has 2 heteroatoms.